The van der Waals surface area contributed by atoms with Gasteiger partial charge in [-0.05, 0) is 13.5 Å². The fourth-order valence-electron chi connectivity index (χ4n) is 1.20. The van der Waals surface area contributed by atoms with Crippen LogP contribution in [-0.2, 0) is 9.84 Å². The molecule has 1 aliphatic rings. The fourth-order valence-corrected chi connectivity index (χ4v) is 2.91. The Bertz CT molecular complexity index is 213. The molecular formula is C6H14N2O2S. The summed E-state index contributed by atoms with van der Waals surface area (Å²) >= 11 is 0. The van der Waals surface area contributed by atoms with Crippen molar-refractivity contribution >= 4 is 9.84 Å². The molecule has 11 heavy (non-hydrogen) atoms. The van der Waals surface area contributed by atoms with Gasteiger partial charge in [-0.15, -0.1) is 0 Å². The molecule has 0 radical (unpaired) electrons. The second-order valence-corrected chi connectivity index (χ2v) is 5.06. The topological polar surface area (TPSA) is 58.2 Å². The first kappa shape index (κ1) is 8.96. The maximum Gasteiger partial charge on any atom is 0.151 e. The zero-order valence-corrected chi connectivity index (χ0v) is 7.45. The highest BCUT2D eigenvalue weighted by Crippen LogP contribution is 2.10. The van der Waals surface area contributed by atoms with Gasteiger partial charge < -0.3 is 10.6 Å². The molecule has 2 N–H and O–H groups in total. The van der Waals surface area contributed by atoms with Gasteiger partial charge >= 0.3 is 0 Å². The van der Waals surface area contributed by atoms with E-state index < -0.39 is 9.84 Å². The van der Waals surface area contributed by atoms with Crippen LogP contribution in [0.1, 0.15) is 6.42 Å². The first-order chi connectivity index (χ1) is 5.14. The Labute approximate surface area is 67.3 Å². The number of nitrogens with one attached hydrogen (secondary N) is 2. The van der Waals surface area contributed by atoms with Gasteiger partial charge in [-0.3, -0.25) is 0 Å². The van der Waals surface area contributed by atoms with Gasteiger partial charge in [0, 0.05) is 12.7 Å². The molecule has 5 heteroatoms. The monoisotopic (exact) mass is 178 g/mol. The Morgan fingerprint density at radius 2 is 2.27 bits per heavy atom. The van der Waals surface area contributed by atoms with E-state index in [2.05, 4.69) is 10.6 Å². The largest absolute Gasteiger partial charge is 0.308 e. The molecule has 1 aliphatic heterocycles. The van der Waals surface area contributed by atoms with E-state index in [0.717, 1.165) is 6.42 Å². The molecule has 0 aromatic rings. The number of hydrogen-bond acceptors (Lipinski definition) is 4. The third-order valence-corrected chi connectivity index (χ3v) is 3.57. The van der Waals surface area contributed by atoms with Crippen molar-refractivity contribution < 1.29 is 8.42 Å². The van der Waals surface area contributed by atoms with E-state index in [0.29, 0.717) is 18.2 Å². The standard InChI is InChI=1S/C6H14N2O2S/c1-7-5-8-6-2-3-11(9,10)4-6/h6-8H,2-5H2,1H3. The summed E-state index contributed by atoms with van der Waals surface area (Å²) in [7, 11) is -0.886. The smallest absolute Gasteiger partial charge is 0.151 e. The van der Waals surface area contributed by atoms with Crippen molar-refractivity contribution in [3.05, 3.63) is 0 Å². The molecule has 1 heterocycles. The Kier molecular flexibility index (Phi) is 2.86. The van der Waals surface area contributed by atoms with Crippen LogP contribution >= 0.6 is 0 Å². The Morgan fingerprint density at radius 3 is 2.73 bits per heavy atom. The lowest BCUT2D eigenvalue weighted by atomic mass is 10.3. The van der Waals surface area contributed by atoms with E-state index in [1.807, 2.05) is 7.05 Å². The molecule has 0 spiro atoms. The van der Waals surface area contributed by atoms with Crippen LogP contribution in [0.2, 0.25) is 0 Å². The highest BCUT2D eigenvalue weighted by molar-refractivity contribution is 7.91. The highest BCUT2D eigenvalue weighted by atomic mass is 32.2. The van der Waals surface area contributed by atoms with Gasteiger partial charge in [0.05, 0.1) is 11.5 Å². The molecule has 0 amide bonds. The molecule has 1 rings (SSSR count). The molecule has 0 aliphatic carbocycles. The van der Waals surface area contributed by atoms with Gasteiger partial charge in [-0.25, -0.2) is 8.42 Å². The van der Waals surface area contributed by atoms with Gasteiger partial charge in [0.15, 0.2) is 9.84 Å². The first-order valence-electron chi connectivity index (χ1n) is 3.72. The third kappa shape index (κ3) is 2.76. The predicted molar refractivity (Wildman–Crippen MR) is 44.1 cm³/mol. The lowest BCUT2D eigenvalue weighted by Gasteiger charge is -2.08. The van der Waals surface area contributed by atoms with Crippen molar-refractivity contribution in [1.82, 2.24) is 10.6 Å². The molecule has 4 nitrogen and oxygen atoms in total. The maximum absolute atomic E-state index is 10.9. The van der Waals surface area contributed by atoms with Gasteiger partial charge in [-0.2, -0.15) is 0 Å². The average molecular weight is 178 g/mol. The van der Waals surface area contributed by atoms with Crippen LogP contribution in [0.4, 0.5) is 0 Å². The second-order valence-electron chi connectivity index (χ2n) is 2.83. The van der Waals surface area contributed by atoms with Crippen LogP contribution in [0.15, 0.2) is 0 Å². The SMILES string of the molecule is CNCNC1CCS(=O)(=O)C1. The molecule has 1 saturated heterocycles. The average Bonchev–Trinajstić information content (AvgIpc) is 2.26. The van der Waals surface area contributed by atoms with Crippen molar-refractivity contribution in [2.75, 3.05) is 25.2 Å². The van der Waals surface area contributed by atoms with Gasteiger partial charge in [-0.1, -0.05) is 0 Å². The van der Waals surface area contributed by atoms with E-state index >= 15 is 0 Å². The summed E-state index contributed by atoms with van der Waals surface area (Å²) in [5.41, 5.74) is 0. The summed E-state index contributed by atoms with van der Waals surface area (Å²) < 4.78 is 21.9. The van der Waals surface area contributed by atoms with E-state index in [9.17, 15) is 8.42 Å². The number of hydrogen-bond donors (Lipinski definition) is 2. The Morgan fingerprint density at radius 1 is 1.55 bits per heavy atom. The lowest BCUT2D eigenvalue weighted by Crippen LogP contribution is -2.36. The molecule has 0 saturated carbocycles. The minimum Gasteiger partial charge on any atom is -0.308 e. The minimum absolute atomic E-state index is 0.160. The molecule has 66 valence electrons. The van der Waals surface area contributed by atoms with Crippen LogP contribution in [0.25, 0.3) is 0 Å². The number of sulfone groups is 1. The fraction of sp³-hybridized carbons (Fsp3) is 1.00. The van der Waals surface area contributed by atoms with Crippen LogP contribution in [0, 0.1) is 0 Å². The van der Waals surface area contributed by atoms with Gasteiger partial charge in [0.25, 0.3) is 0 Å². The van der Waals surface area contributed by atoms with Gasteiger partial charge in [0.2, 0.25) is 0 Å². The zero-order valence-electron chi connectivity index (χ0n) is 6.63. The van der Waals surface area contributed by atoms with Crippen molar-refractivity contribution in [3.63, 3.8) is 0 Å². The molecular weight excluding hydrogens is 164 g/mol. The molecule has 1 atom stereocenters. The van der Waals surface area contributed by atoms with Crippen molar-refractivity contribution in [1.29, 1.82) is 0 Å². The highest BCUT2D eigenvalue weighted by Gasteiger charge is 2.26. The summed E-state index contributed by atoms with van der Waals surface area (Å²) in [5, 5.41) is 6.01. The molecule has 0 aromatic carbocycles. The van der Waals surface area contributed by atoms with E-state index in [1.165, 1.54) is 0 Å². The minimum atomic E-state index is -2.72. The Hall–Kier alpha value is -0.130. The van der Waals surface area contributed by atoms with Crippen LogP contribution in [-0.4, -0.2) is 39.7 Å². The summed E-state index contributed by atoms with van der Waals surface area (Å²) in [4.78, 5) is 0. The summed E-state index contributed by atoms with van der Waals surface area (Å²) in [6.07, 6.45) is 0.754. The summed E-state index contributed by atoms with van der Waals surface area (Å²) in [6.45, 7) is 0.681. The van der Waals surface area contributed by atoms with Crippen LogP contribution in [0.5, 0.6) is 0 Å². The molecule has 1 fully saturated rings. The first-order valence-corrected chi connectivity index (χ1v) is 5.54. The Balaban J connectivity index is 2.31. The van der Waals surface area contributed by atoms with Crippen molar-refractivity contribution in [2.24, 2.45) is 0 Å². The molecule has 1 unspecified atom stereocenters. The van der Waals surface area contributed by atoms with E-state index in [4.69, 9.17) is 0 Å². The molecule has 0 aromatic heterocycles. The van der Waals surface area contributed by atoms with Crippen molar-refractivity contribution in [3.8, 4) is 0 Å². The summed E-state index contributed by atoms with van der Waals surface area (Å²) in [6, 6.07) is 0.160. The van der Waals surface area contributed by atoms with Crippen LogP contribution < -0.4 is 10.6 Å². The van der Waals surface area contributed by atoms with Crippen LogP contribution in [0.3, 0.4) is 0 Å². The third-order valence-electron chi connectivity index (χ3n) is 1.80. The maximum atomic E-state index is 10.9. The number of rotatable bonds is 3. The second kappa shape index (κ2) is 3.51. The zero-order chi connectivity index (χ0) is 8.32. The van der Waals surface area contributed by atoms with Crippen molar-refractivity contribution in [2.45, 2.75) is 12.5 Å². The van der Waals surface area contributed by atoms with Gasteiger partial charge in [0.1, 0.15) is 0 Å². The normalized spacial score (nSPS) is 29.0. The summed E-state index contributed by atoms with van der Waals surface area (Å²) in [5.74, 6) is 0.642. The van der Waals surface area contributed by atoms with E-state index in [1.54, 1.807) is 0 Å². The predicted octanol–water partition coefficient (Wildman–Crippen LogP) is -1.06. The lowest BCUT2D eigenvalue weighted by molar-refractivity contribution is 0.530. The van der Waals surface area contributed by atoms with E-state index in [-0.39, 0.29) is 6.04 Å². The quantitative estimate of drug-likeness (QED) is 0.541. The molecule has 0 bridgehead atoms.